The second-order valence-corrected chi connectivity index (χ2v) is 10.7. The molecule has 8 heteroatoms. The average molecular weight is 427 g/mol. The quantitative estimate of drug-likeness (QED) is 0.546. The van der Waals surface area contributed by atoms with Gasteiger partial charge in [-0.05, 0) is 47.6 Å². The molecule has 0 heterocycles. The summed E-state index contributed by atoms with van der Waals surface area (Å²) in [6.45, 7) is 4.41. The molecule has 0 spiro atoms. The first-order valence-corrected chi connectivity index (χ1v) is 13.0. The molecule has 0 unspecified atom stereocenters. The van der Waals surface area contributed by atoms with Crippen molar-refractivity contribution < 1.29 is 16.8 Å². The number of rotatable bonds is 12. The zero-order chi connectivity index (χ0) is 20.6. The molecule has 0 aliphatic heterocycles. The third kappa shape index (κ3) is 6.84. The zero-order valence-corrected chi connectivity index (χ0v) is 18.2. The van der Waals surface area contributed by atoms with Crippen molar-refractivity contribution >= 4 is 30.8 Å². The van der Waals surface area contributed by atoms with Crippen LogP contribution in [0.2, 0.25) is 0 Å². The van der Waals surface area contributed by atoms with Gasteiger partial charge in [0.25, 0.3) is 0 Å². The van der Waals surface area contributed by atoms with E-state index in [1.807, 2.05) is 50.2 Å². The Labute approximate surface area is 168 Å². The topological polar surface area (TPSA) is 92.3 Å². The van der Waals surface area contributed by atoms with Gasteiger partial charge in [-0.3, -0.25) is 0 Å². The molecule has 0 aliphatic carbocycles. The summed E-state index contributed by atoms with van der Waals surface area (Å²) in [6.07, 6.45) is 2.39. The van der Waals surface area contributed by atoms with E-state index in [2.05, 4.69) is 9.44 Å². The summed E-state index contributed by atoms with van der Waals surface area (Å²) in [7, 11) is -6.42. The van der Waals surface area contributed by atoms with Crippen LogP contribution in [0.25, 0.3) is 10.8 Å². The third-order valence-electron chi connectivity index (χ3n) is 4.48. The molecule has 0 radical (unpaired) electrons. The van der Waals surface area contributed by atoms with Crippen molar-refractivity contribution in [3.63, 3.8) is 0 Å². The van der Waals surface area contributed by atoms with Crippen LogP contribution >= 0.6 is 0 Å². The molecule has 0 saturated heterocycles. The van der Waals surface area contributed by atoms with E-state index in [0.717, 1.165) is 21.9 Å². The Morgan fingerprint density at radius 2 is 1.07 bits per heavy atom. The fourth-order valence-corrected chi connectivity index (χ4v) is 5.41. The van der Waals surface area contributed by atoms with Crippen LogP contribution in [-0.2, 0) is 32.9 Å². The van der Waals surface area contributed by atoms with Gasteiger partial charge in [-0.2, -0.15) is 0 Å². The van der Waals surface area contributed by atoms with E-state index in [4.69, 9.17) is 0 Å². The summed E-state index contributed by atoms with van der Waals surface area (Å²) in [4.78, 5) is 0. The minimum atomic E-state index is -3.21. The monoisotopic (exact) mass is 426 g/mol. The van der Waals surface area contributed by atoms with E-state index in [9.17, 15) is 16.8 Å². The van der Waals surface area contributed by atoms with Crippen LogP contribution in [0.15, 0.2) is 36.4 Å². The Morgan fingerprint density at radius 1 is 0.679 bits per heavy atom. The van der Waals surface area contributed by atoms with Crippen molar-refractivity contribution in [3.05, 3.63) is 47.5 Å². The van der Waals surface area contributed by atoms with Crippen molar-refractivity contribution in [2.45, 2.75) is 39.5 Å². The van der Waals surface area contributed by atoms with E-state index in [-0.39, 0.29) is 11.5 Å². The maximum Gasteiger partial charge on any atom is 0.211 e. The number of benzene rings is 2. The first kappa shape index (κ1) is 22.8. The number of nitrogens with one attached hydrogen (secondary N) is 2. The van der Waals surface area contributed by atoms with E-state index in [0.29, 0.717) is 38.8 Å². The van der Waals surface area contributed by atoms with Crippen LogP contribution < -0.4 is 9.44 Å². The summed E-state index contributed by atoms with van der Waals surface area (Å²) in [5, 5.41) is 2.15. The van der Waals surface area contributed by atoms with Crippen LogP contribution in [-0.4, -0.2) is 41.4 Å². The van der Waals surface area contributed by atoms with Gasteiger partial charge >= 0.3 is 0 Å². The summed E-state index contributed by atoms with van der Waals surface area (Å²) in [5.41, 5.74) is 2.15. The molecule has 2 rings (SSSR count). The van der Waals surface area contributed by atoms with E-state index in [1.54, 1.807) is 0 Å². The smallest absolute Gasteiger partial charge is 0.211 e. The summed E-state index contributed by atoms with van der Waals surface area (Å²) in [5.74, 6) is 0.279. The molecule has 2 aromatic carbocycles. The van der Waals surface area contributed by atoms with Gasteiger partial charge in [0.15, 0.2) is 0 Å². The highest BCUT2D eigenvalue weighted by molar-refractivity contribution is 7.89. The van der Waals surface area contributed by atoms with Gasteiger partial charge in [-0.25, -0.2) is 26.3 Å². The van der Waals surface area contributed by atoms with Crippen LogP contribution in [0.5, 0.6) is 0 Å². The maximum atomic E-state index is 11.8. The lowest BCUT2D eigenvalue weighted by atomic mass is 9.96. The molecule has 0 fully saturated rings. The molecule has 156 valence electrons. The fourth-order valence-electron chi connectivity index (χ4n) is 3.22. The average Bonchev–Trinajstić information content (AvgIpc) is 2.62. The molecule has 28 heavy (non-hydrogen) atoms. The first-order chi connectivity index (χ1) is 13.3. The molecule has 0 bridgehead atoms. The Bertz CT molecular complexity index is 906. The molecular weight excluding hydrogens is 396 g/mol. The Kier molecular flexibility index (Phi) is 8.42. The number of fused-ring (bicyclic) bond motifs is 1. The van der Waals surface area contributed by atoms with Gasteiger partial charge in [0.1, 0.15) is 0 Å². The molecule has 6 nitrogen and oxygen atoms in total. The van der Waals surface area contributed by atoms with Crippen molar-refractivity contribution in [2.75, 3.05) is 24.6 Å². The van der Waals surface area contributed by atoms with Crippen molar-refractivity contribution in [2.24, 2.45) is 0 Å². The number of sulfonamides is 2. The maximum absolute atomic E-state index is 11.8. The van der Waals surface area contributed by atoms with Crippen LogP contribution in [0.3, 0.4) is 0 Å². The molecule has 0 aromatic heterocycles. The van der Waals surface area contributed by atoms with Gasteiger partial charge in [0.05, 0.1) is 11.5 Å². The number of hydrogen-bond acceptors (Lipinski definition) is 4. The highest BCUT2D eigenvalue weighted by atomic mass is 32.2. The van der Waals surface area contributed by atoms with E-state index >= 15 is 0 Å². The van der Waals surface area contributed by atoms with Crippen LogP contribution in [0.1, 0.15) is 37.8 Å². The summed E-state index contributed by atoms with van der Waals surface area (Å²) in [6, 6.07) is 12.0. The van der Waals surface area contributed by atoms with Gasteiger partial charge in [-0.1, -0.05) is 50.2 Å². The molecule has 0 amide bonds. The van der Waals surface area contributed by atoms with E-state index < -0.39 is 20.0 Å². The minimum absolute atomic E-state index is 0.140. The van der Waals surface area contributed by atoms with Crippen LogP contribution in [0.4, 0.5) is 0 Å². The first-order valence-electron chi connectivity index (χ1n) is 9.72. The fraction of sp³-hybridized carbons (Fsp3) is 0.500. The largest absolute Gasteiger partial charge is 0.215 e. The number of hydrogen-bond donors (Lipinski definition) is 2. The lowest BCUT2D eigenvalue weighted by Gasteiger charge is -2.13. The SMILES string of the molecule is CCCS(=O)(=O)NCCc1ccc(CCNS(=O)(=O)CCC)c2ccccc12. The summed E-state index contributed by atoms with van der Waals surface area (Å²) >= 11 is 0. The summed E-state index contributed by atoms with van der Waals surface area (Å²) < 4.78 is 52.6. The highest BCUT2D eigenvalue weighted by Gasteiger charge is 2.11. The predicted octanol–water partition coefficient (Wildman–Crippen LogP) is 2.58. The van der Waals surface area contributed by atoms with Crippen molar-refractivity contribution in [3.8, 4) is 0 Å². The highest BCUT2D eigenvalue weighted by Crippen LogP contribution is 2.23. The van der Waals surface area contributed by atoms with E-state index in [1.165, 1.54) is 0 Å². The van der Waals surface area contributed by atoms with Crippen LogP contribution in [0, 0.1) is 0 Å². The third-order valence-corrected chi connectivity index (χ3v) is 7.66. The molecule has 0 atom stereocenters. The van der Waals surface area contributed by atoms with Gasteiger partial charge in [0.2, 0.25) is 20.0 Å². The Morgan fingerprint density at radius 3 is 1.43 bits per heavy atom. The standard InChI is InChI=1S/C20H30N2O4S2/c1-3-15-27(23,24)21-13-11-17-9-10-18(20-8-6-5-7-19(17)20)12-14-22-28(25,26)16-4-2/h5-10,21-22H,3-4,11-16H2,1-2H3. The predicted molar refractivity (Wildman–Crippen MR) is 116 cm³/mol. The lowest BCUT2D eigenvalue weighted by molar-refractivity contribution is 0.578. The minimum Gasteiger partial charge on any atom is -0.215 e. The molecule has 2 aromatic rings. The zero-order valence-electron chi connectivity index (χ0n) is 16.6. The van der Waals surface area contributed by atoms with Crippen molar-refractivity contribution in [1.29, 1.82) is 0 Å². The van der Waals surface area contributed by atoms with Gasteiger partial charge < -0.3 is 0 Å². The normalized spacial score (nSPS) is 12.5. The molecule has 2 N–H and O–H groups in total. The lowest BCUT2D eigenvalue weighted by Crippen LogP contribution is -2.28. The Hall–Kier alpha value is -1.48. The van der Waals surface area contributed by atoms with Gasteiger partial charge in [0, 0.05) is 13.1 Å². The van der Waals surface area contributed by atoms with Crippen molar-refractivity contribution in [1.82, 2.24) is 9.44 Å². The second-order valence-electron chi connectivity index (χ2n) is 6.86. The second kappa shape index (κ2) is 10.3. The molecular formula is C20H30N2O4S2. The van der Waals surface area contributed by atoms with Gasteiger partial charge in [-0.15, -0.1) is 0 Å². The molecule has 0 aliphatic rings. The molecule has 0 saturated carbocycles. The Balaban J connectivity index is 2.10.